The van der Waals surface area contributed by atoms with Crippen molar-refractivity contribution in [3.8, 4) is 5.75 Å². The van der Waals surface area contributed by atoms with Gasteiger partial charge < -0.3 is 10.1 Å². The van der Waals surface area contributed by atoms with Crippen molar-refractivity contribution in [2.45, 2.75) is 16.6 Å². The molecule has 20 heavy (non-hydrogen) atoms. The fraction of sp³-hybridized carbons (Fsp3) is 0.250. The van der Waals surface area contributed by atoms with Gasteiger partial charge in [-0.05, 0) is 36.2 Å². The van der Waals surface area contributed by atoms with Gasteiger partial charge in [0.2, 0.25) is 0 Å². The highest BCUT2D eigenvalue weighted by Crippen LogP contribution is 2.37. The first-order valence-electron chi connectivity index (χ1n) is 6.58. The molecule has 0 spiro atoms. The molecule has 0 bridgehead atoms. The molecule has 0 saturated heterocycles. The third kappa shape index (κ3) is 2.89. The number of hydrogen-bond acceptors (Lipinski definition) is 3. The Kier molecular flexibility index (Phi) is 4.08. The molecule has 1 aliphatic rings. The third-order valence-electron chi connectivity index (χ3n) is 3.40. The van der Waals surface area contributed by atoms with Crippen molar-refractivity contribution in [2.24, 2.45) is 0 Å². The molecule has 0 radical (unpaired) electrons. The molecule has 1 heterocycles. The number of methoxy groups -OCH3 is 1. The standard InChI is InChI=1S/C16H16ClNOS/c1-19-15-7-6-12(9-14(15)17)18-10-13-8-11-4-2-3-5-16(11)20-13/h2-7,9,13,18H,8,10H2,1H3. The minimum absolute atomic E-state index is 0.577. The summed E-state index contributed by atoms with van der Waals surface area (Å²) in [5, 5.41) is 4.67. The molecule has 0 amide bonds. The average Bonchev–Trinajstić information content (AvgIpc) is 2.88. The number of rotatable bonds is 4. The van der Waals surface area contributed by atoms with Crippen LogP contribution in [0.25, 0.3) is 0 Å². The van der Waals surface area contributed by atoms with Gasteiger partial charge >= 0.3 is 0 Å². The van der Waals surface area contributed by atoms with Crippen LogP contribution in [0.5, 0.6) is 5.75 Å². The van der Waals surface area contributed by atoms with E-state index in [4.69, 9.17) is 16.3 Å². The number of benzene rings is 2. The molecule has 0 fully saturated rings. The molecule has 0 saturated carbocycles. The predicted octanol–water partition coefficient (Wildman–Crippen LogP) is 4.48. The van der Waals surface area contributed by atoms with Gasteiger partial charge in [0.15, 0.2) is 0 Å². The molecule has 104 valence electrons. The number of nitrogens with one attached hydrogen (secondary N) is 1. The Balaban J connectivity index is 1.60. The lowest BCUT2D eigenvalue weighted by atomic mass is 10.1. The summed E-state index contributed by atoms with van der Waals surface area (Å²) in [4.78, 5) is 1.41. The second-order valence-electron chi connectivity index (χ2n) is 4.78. The Morgan fingerprint density at radius 1 is 1.30 bits per heavy atom. The second-order valence-corrected chi connectivity index (χ2v) is 6.53. The number of fused-ring (bicyclic) bond motifs is 1. The van der Waals surface area contributed by atoms with Gasteiger partial charge in [-0.25, -0.2) is 0 Å². The summed E-state index contributed by atoms with van der Waals surface area (Å²) in [6, 6.07) is 14.4. The first-order valence-corrected chi connectivity index (χ1v) is 7.84. The van der Waals surface area contributed by atoms with Gasteiger partial charge in [0.25, 0.3) is 0 Å². The Labute approximate surface area is 128 Å². The molecule has 1 unspecified atom stereocenters. The molecule has 2 aromatic rings. The van der Waals surface area contributed by atoms with Gasteiger partial charge in [-0.1, -0.05) is 29.8 Å². The third-order valence-corrected chi connectivity index (χ3v) is 5.01. The molecule has 0 aliphatic carbocycles. The molecule has 2 aromatic carbocycles. The normalized spacial score (nSPS) is 16.8. The summed E-state index contributed by atoms with van der Waals surface area (Å²) in [6.45, 7) is 0.933. The van der Waals surface area contributed by atoms with Crippen molar-refractivity contribution in [1.29, 1.82) is 0 Å². The van der Waals surface area contributed by atoms with Crippen LogP contribution in [0.3, 0.4) is 0 Å². The van der Waals surface area contributed by atoms with Gasteiger partial charge in [0.05, 0.1) is 12.1 Å². The maximum absolute atomic E-state index is 6.13. The van der Waals surface area contributed by atoms with Crippen LogP contribution >= 0.6 is 23.4 Å². The Morgan fingerprint density at radius 3 is 2.90 bits per heavy atom. The zero-order valence-electron chi connectivity index (χ0n) is 11.2. The summed E-state index contributed by atoms with van der Waals surface area (Å²) in [5.74, 6) is 0.708. The molecular weight excluding hydrogens is 290 g/mol. The minimum Gasteiger partial charge on any atom is -0.495 e. The van der Waals surface area contributed by atoms with E-state index in [-0.39, 0.29) is 0 Å². The number of ether oxygens (including phenoxy) is 1. The summed E-state index contributed by atoms with van der Waals surface area (Å²) in [6.07, 6.45) is 1.12. The van der Waals surface area contributed by atoms with Gasteiger partial charge in [-0.2, -0.15) is 0 Å². The minimum atomic E-state index is 0.577. The molecule has 3 rings (SSSR count). The maximum Gasteiger partial charge on any atom is 0.137 e. The van der Waals surface area contributed by atoms with E-state index in [2.05, 4.69) is 29.6 Å². The van der Waals surface area contributed by atoms with Crippen molar-refractivity contribution >= 4 is 29.1 Å². The van der Waals surface area contributed by atoms with Crippen molar-refractivity contribution in [1.82, 2.24) is 0 Å². The largest absolute Gasteiger partial charge is 0.495 e. The first kappa shape index (κ1) is 13.7. The van der Waals surface area contributed by atoms with E-state index in [1.807, 2.05) is 30.0 Å². The Hall–Kier alpha value is -1.32. The second kappa shape index (κ2) is 5.98. The molecular formula is C16H16ClNOS. The quantitative estimate of drug-likeness (QED) is 0.900. The smallest absolute Gasteiger partial charge is 0.137 e. The number of halogens is 1. The zero-order valence-corrected chi connectivity index (χ0v) is 12.8. The van der Waals surface area contributed by atoms with Crippen molar-refractivity contribution in [2.75, 3.05) is 19.0 Å². The molecule has 4 heteroatoms. The van der Waals surface area contributed by atoms with E-state index >= 15 is 0 Å². The van der Waals surface area contributed by atoms with Crippen LogP contribution in [-0.4, -0.2) is 18.9 Å². The summed E-state index contributed by atoms with van der Waals surface area (Å²) < 4.78 is 5.16. The fourth-order valence-electron chi connectivity index (χ4n) is 2.38. The van der Waals surface area contributed by atoms with Crippen molar-refractivity contribution < 1.29 is 4.74 Å². The fourth-order valence-corrected chi connectivity index (χ4v) is 3.88. The number of thioether (sulfide) groups is 1. The van der Waals surface area contributed by atoms with Crippen LogP contribution in [0.15, 0.2) is 47.4 Å². The van der Waals surface area contributed by atoms with Crippen LogP contribution < -0.4 is 10.1 Å². The van der Waals surface area contributed by atoms with Crippen LogP contribution in [-0.2, 0) is 6.42 Å². The Bertz CT molecular complexity index is 592. The van der Waals surface area contributed by atoms with E-state index in [0.29, 0.717) is 16.0 Å². The van der Waals surface area contributed by atoms with Crippen molar-refractivity contribution in [3.05, 3.63) is 53.1 Å². The predicted molar refractivity (Wildman–Crippen MR) is 86.3 cm³/mol. The maximum atomic E-state index is 6.13. The van der Waals surface area contributed by atoms with E-state index in [1.54, 1.807) is 7.11 Å². The molecule has 2 nitrogen and oxygen atoms in total. The monoisotopic (exact) mass is 305 g/mol. The highest BCUT2D eigenvalue weighted by atomic mass is 35.5. The lowest BCUT2D eigenvalue weighted by Crippen LogP contribution is -2.15. The molecule has 1 atom stereocenters. The highest BCUT2D eigenvalue weighted by molar-refractivity contribution is 8.00. The van der Waals surface area contributed by atoms with E-state index in [1.165, 1.54) is 10.5 Å². The number of hydrogen-bond donors (Lipinski definition) is 1. The van der Waals surface area contributed by atoms with E-state index < -0.39 is 0 Å². The van der Waals surface area contributed by atoms with E-state index in [9.17, 15) is 0 Å². The van der Waals surface area contributed by atoms with Gasteiger partial charge in [-0.3, -0.25) is 0 Å². The van der Waals surface area contributed by atoms with Crippen LogP contribution in [0.1, 0.15) is 5.56 Å². The van der Waals surface area contributed by atoms with E-state index in [0.717, 1.165) is 18.7 Å². The summed E-state index contributed by atoms with van der Waals surface area (Å²) >= 11 is 8.07. The van der Waals surface area contributed by atoms with Gasteiger partial charge in [0.1, 0.15) is 5.75 Å². The topological polar surface area (TPSA) is 21.3 Å². The number of anilines is 1. The summed E-state index contributed by atoms with van der Waals surface area (Å²) in [7, 11) is 1.63. The zero-order chi connectivity index (χ0) is 13.9. The average molecular weight is 306 g/mol. The summed E-state index contributed by atoms with van der Waals surface area (Å²) in [5.41, 5.74) is 2.49. The SMILES string of the molecule is COc1ccc(NCC2Cc3ccccc3S2)cc1Cl. The highest BCUT2D eigenvalue weighted by Gasteiger charge is 2.21. The van der Waals surface area contributed by atoms with Gasteiger partial charge in [0, 0.05) is 22.4 Å². The molecule has 1 N–H and O–H groups in total. The molecule has 0 aromatic heterocycles. The van der Waals surface area contributed by atoms with Crippen LogP contribution in [0, 0.1) is 0 Å². The van der Waals surface area contributed by atoms with Crippen LogP contribution in [0.2, 0.25) is 5.02 Å². The lowest BCUT2D eigenvalue weighted by Gasteiger charge is -2.12. The van der Waals surface area contributed by atoms with Crippen LogP contribution in [0.4, 0.5) is 5.69 Å². The van der Waals surface area contributed by atoms with Crippen molar-refractivity contribution in [3.63, 3.8) is 0 Å². The lowest BCUT2D eigenvalue weighted by molar-refractivity contribution is 0.415. The first-order chi connectivity index (χ1) is 9.76. The Morgan fingerprint density at radius 2 is 2.15 bits per heavy atom. The van der Waals surface area contributed by atoms with Gasteiger partial charge in [-0.15, -0.1) is 11.8 Å². The molecule has 1 aliphatic heterocycles.